The van der Waals surface area contributed by atoms with Crippen molar-refractivity contribution in [2.45, 2.75) is 0 Å². The Morgan fingerprint density at radius 3 is 2.35 bits per heavy atom. The molecule has 2 aromatic carbocycles. The largest absolute Gasteiger partial charge is 0.285 e. The molecule has 0 radical (unpaired) electrons. The Morgan fingerprint density at radius 2 is 1.65 bits per heavy atom. The van der Waals surface area contributed by atoms with E-state index in [0.29, 0.717) is 16.5 Å². The SMILES string of the molecule is O=C1c2cccc3c(Br)ccc(c23)C(=O)N1O. The van der Waals surface area contributed by atoms with Gasteiger partial charge >= 0.3 is 0 Å². The average Bonchev–Trinajstić information content (AvgIpc) is 2.35. The van der Waals surface area contributed by atoms with Crippen molar-refractivity contribution in [2.24, 2.45) is 0 Å². The fourth-order valence-corrected chi connectivity index (χ4v) is 2.51. The highest BCUT2D eigenvalue weighted by atomic mass is 79.9. The van der Waals surface area contributed by atoms with Crippen LogP contribution in [0, 0.1) is 0 Å². The predicted molar refractivity (Wildman–Crippen MR) is 63.9 cm³/mol. The van der Waals surface area contributed by atoms with Crippen molar-refractivity contribution in [2.75, 3.05) is 0 Å². The molecule has 0 bridgehead atoms. The van der Waals surface area contributed by atoms with Crippen molar-refractivity contribution in [3.63, 3.8) is 0 Å². The number of halogens is 1. The normalized spacial score (nSPS) is 14.6. The van der Waals surface area contributed by atoms with Crippen molar-refractivity contribution in [1.82, 2.24) is 5.06 Å². The Hall–Kier alpha value is -1.72. The first kappa shape index (κ1) is 10.4. The number of hydroxylamine groups is 2. The van der Waals surface area contributed by atoms with Crippen LogP contribution in [-0.2, 0) is 0 Å². The first-order chi connectivity index (χ1) is 8.11. The van der Waals surface area contributed by atoms with Gasteiger partial charge in [-0.25, -0.2) is 0 Å². The first-order valence-electron chi connectivity index (χ1n) is 4.90. The summed E-state index contributed by atoms with van der Waals surface area (Å²) in [6, 6.07) is 8.45. The fourth-order valence-electron chi connectivity index (χ4n) is 2.05. The van der Waals surface area contributed by atoms with Crippen LogP contribution in [0.5, 0.6) is 0 Å². The van der Waals surface area contributed by atoms with E-state index < -0.39 is 11.8 Å². The number of nitrogens with zero attached hydrogens (tertiary/aromatic N) is 1. The Kier molecular flexibility index (Phi) is 2.08. The summed E-state index contributed by atoms with van der Waals surface area (Å²) in [5.74, 6) is -1.38. The van der Waals surface area contributed by atoms with Crippen molar-refractivity contribution in [3.05, 3.63) is 45.9 Å². The van der Waals surface area contributed by atoms with E-state index in [4.69, 9.17) is 0 Å². The summed E-state index contributed by atoms with van der Waals surface area (Å²) in [6.07, 6.45) is 0. The van der Waals surface area contributed by atoms with Gasteiger partial charge in [-0.3, -0.25) is 14.8 Å². The van der Waals surface area contributed by atoms with Crippen LogP contribution in [0.3, 0.4) is 0 Å². The Balaban J connectivity index is 2.54. The highest BCUT2D eigenvalue weighted by molar-refractivity contribution is 9.10. The van der Waals surface area contributed by atoms with E-state index in [1.165, 1.54) is 0 Å². The average molecular weight is 292 g/mol. The minimum atomic E-state index is -0.689. The van der Waals surface area contributed by atoms with Gasteiger partial charge in [0.1, 0.15) is 0 Å². The molecule has 5 heteroatoms. The van der Waals surface area contributed by atoms with Crippen LogP contribution in [-0.4, -0.2) is 22.1 Å². The fraction of sp³-hybridized carbons (Fsp3) is 0. The van der Waals surface area contributed by atoms with Crippen molar-refractivity contribution in [3.8, 4) is 0 Å². The minimum Gasteiger partial charge on any atom is -0.278 e. The molecule has 1 heterocycles. The third-order valence-corrected chi connectivity index (χ3v) is 3.52. The van der Waals surface area contributed by atoms with Gasteiger partial charge in [0.2, 0.25) is 0 Å². The van der Waals surface area contributed by atoms with Gasteiger partial charge in [-0.15, -0.1) is 5.06 Å². The van der Waals surface area contributed by atoms with Crippen LogP contribution in [0.2, 0.25) is 0 Å². The van der Waals surface area contributed by atoms with Crippen molar-refractivity contribution in [1.29, 1.82) is 0 Å². The molecule has 2 aromatic rings. The number of benzene rings is 2. The first-order valence-corrected chi connectivity index (χ1v) is 5.69. The summed E-state index contributed by atoms with van der Waals surface area (Å²) in [5, 5.41) is 11.0. The van der Waals surface area contributed by atoms with Crippen LogP contribution in [0.25, 0.3) is 10.8 Å². The third kappa shape index (κ3) is 1.26. The number of imide groups is 1. The highest BCUT2D eigenvalue weighted by Gasteiger charge is 2.32. The molecule has 0 saturated heterocycles. The molecule has 0 spiro atoms. The number of hydrogen-bond acceptors (Lipinski definition) is 3. The zero-order valence-electron chi connectivity index (χ0n) is 8.48. The molecular weight excluding hydrogens is 286 g/mol. The number of carbonyl (C=O) groups excluding carboxylic acids is 2. The van der Waals surface area contributed by atoms with Crippen LogP contribution < -0.4 is 0 Å². The van der Waals surface area contributed by atoms with Gasteiger partial charge in [0.15, 0.2) is 0 Å². The molecule has 3 rings (SSSR count). The Bertz CT molecular complexity index is 659. The zero-order valence-corrected chi connectivity index (χ0v) is 10.1. The van der Waals surface area contributed by atoms with Crippen LogP contribution >= 0.6 is 15.9 Å². The maximum absolute atomic E-state index is 11.8. The highest BCUT2D eigenvalue weighted by Crippen LogP contribution is 2.33. The van der Waals surface area contributed by atoms with Gasteiger partial charge < -0.3 is 0 Å². The zero-order chi connectivity index (χ0) is 12.2. The van der Waals surface area contributed by atoms with Crippen molar-refractivity contribution >= 4 is 38.5 Å². The van der Waals surface area contributed by atoms with Crippen LogP contribution in [0.1, 0.15) is 20.7 Å². The molecule has 0 unspecified atom stereocenters. The molecule has 0 fully saturated rings. The van der Waals surface area contributed by atoms with Gasteiger partial charge in [0.25, 0.3) is 11.8 Å². The van der Waals surface area contributed by atoms with Crippen LogP contribution in [0.15, 0.2) is 34.8 Å². The molecule has 84 valence electrons. The third-order valence-electron chi connectivity index (χ3n) is 2.83. The molecular formula is C12H6BrNO3. The second-order valence-corrected chi connectivity index (χ2v) is 4.60. The molecule has 0 atom stereocenters. The van der Waals surface area contributed by atoms with E-state index in [0.717, 1.165) is 9.86 Å². The topological polar surface area (TPSA) is 57.6 Å². The number of rotatable bonds is 0. The molecule has 1 N–H and O–H groups in total. The molecule has 1 aliphatic rings. The molecule has 17 heavy (non-hydrogen) atoms. The molecule has 0 aliphatic carbocycles. The van der Waals surface area contributed by atoms with E-state index in [1.807, 2.05) is 6.07 Å². The molecule has 0 saturated carbocycles. The van der Waals surface area contributed by atoms with E-state index in [2.05, 4.69) is 15.9 Å². The van der Waals surface area contributed by atoms with E-state index in [-0.39, 0.29) is 5.06 Å². The number of hydrogen-bond donors (Lipinski definition) is 1. The van der Waals surface area contributed by atoms with Crippen molar-refractivity contribution < 1.29 is 14.8 Å². The summed E-state index contributed by atoms with van der Waals surface area (Å²) < 4.78 is 0.810. The summed E-state index contributed by atoms with van der Waals surface area (Å²) in [6.45, 7) is 0. The van der Waals surface area contributed by atoms with Crippen LogP contribution in [0.4, 0.5) is 0 Å². The number of carbonyl (C=O) groups is 2. The molecule has 2 amide bonds. The van der Waals surface area contributed by atoms with Gasteiger partial charge in [0.05, 0.1) is 11.1 Å². The maximum atomic E-state index is 11.8. The molecule has 4 nitrogen and oxygen atoms in total. The lowest BCUT2D eigenvalue weighted by atomic mass is 9.95. The second kappa shape index (κ2) is 3.38. The summed E-state index contributed by atoms with van der Waals surface area (Å²) in [5.41, 5.74) is 0.668. The summed E-state index contributed by atoms with van der Waals surface area (Å²) in [4.78, 5) is 23.5. The Labute approximate surface area is 105 Å². The van der Waals surface area contributed by atoms with E-state index in [9.17, 15) is 14.8 Å². The van der Waals surface area contributed by atoms with E-state index in [1.54, 1.807) is 24.3 Å². The smallest absolute Gasteiger partial charge is 0.278 e. The Morgan fingerprint density at radius 1 is 1.00 bits per heavy atom. The maximum Gasteiger partial charge on any atom is 0.285 e. The lowest BCUT2D eigenvalue weighted by Gasteiger charge is -2.21. The van der Waals surface area contributed by atoms with Gasteiger partial charge in [-0.05, 0) is 23.6 Å². The monoisotopic (exact) mass is 291 g/mol. The quantitative estimate of drug-likeness (QED) is 0.599. The van der Waals surface area contributed by atoms with Gasteiger partial charge in [-0.1, -0.05) is 28.1 Å². The van der Waals surface area contributed by atoms with Gasteiger partial charge in [-0.2, -0.15) is 0 Å². The van der Waals surface area contributed by atoms with E-state index >= 15 is 0 Å². The predicted octanol–water partition coefficient (Wildman–Crippen LogP) is 2.59. The minimum absolute atomic E-state index is 0.158. The summed E-state index contributed by atoms with van der Waals surface area (Å²) >= 11 is 3.37. The standard InChI is InChI=1S/C12H6BrNO3/c13-9-5-4-8-10-6(9)2-1-3-7(10)11(15)14(17)12(8)16/h1-5,17H. The lowest BCUT2D eigenvalue weighted by molar-refractivity contribution is -0.0377. The number of amides is 2. The second-order valence-electron chi connectivity index (χ2n) is 3.75. The lowest BCUT2D eigenvalue weighted by Crippen LogP contribution is -2.37. The molecule has 1 aliphatic heterocycles. The molecule has 0 aromatic heterocycles. The summed E-state index contributed by atoms with van der Waals surface area (Å²) in [7, 11) is 0. The van der Waals surface area contributed by atoms with Gasteiger partial charge in [0, 0.05) is 9.86 Å².